The molecule has 1 aromatic rings. The van der Waals surface area contributed by atoms with E-state index in [0.717, 1.165) is 28.1 Å². The Kier molecular flexibility index (Phi) is 7.91. The number of nitrogens with zero attached hydrogens (tertiary/aromatic N) is 1. The van der Waals surface area contributed by atoms with Gasteiger partial charge in [-0.15, -0.1) is 0 Å². The Labute approximate surface area is 128 Å². The fourth-order valence-corrected chi connectivity index (χ4v) is 2.40. The Bertz CT molecular complexity index is 414. The molecule has 0 saturated carbocycles. The van der Waals surface area contributed by atoms with Gasteiger partial charge in [0.15, 0.2) is 0 Å². The highest BCUT2D eigenvalue weighted by atomic mass is 79.9. The number of hydrogen-bond donors (Lipinski definition) is 1. The van der Waals surface area contributed by atoms with Gasteiger partial charge in [-0.1, -0.05) is 0 Å². The van der Waals surface area contributed by atoms with E-state index in [1.54, 1.807) is 21.3 Å². The van der Waals surface area contributed by atoms with E-state index >= 15 is 0 Å². The summed E-state index contributed by atoms with van der Waals surface area (Å²) < 4.78 is 16.7. The Hall–Kier alpha value is -0.820. The van der Waals surface area contributed by atoms with E-state index < -0.39 is 0 Å². The van der Waals surface area contributed by atoms with E-state index in [2.05, 4.69) is 20.8 Å². The zero-order valence-corrected chi connectivity index (χ0v) is 13.8. The molecule has 0 spiro atoms. The van der Waals surface area contributed by atoms with E-state index in [4.69, 9.17) is 19.3 Å². The van der Waals surface area contributed by atoms with Gasteiger partial charge in [-0.3, -0.25) is 4.90 Å². The summed E-state index contributed by atoms with van der Waals surface area (Å²) in [6.45, 7) is 2.73. The molecular weight excluding hydrogens is 326 g/mol. The maximum absolute atomic E-state index is 9.14. The average molecular weight is 348 g/mol. The Balaban J connectivity index is 2.91. The minimum atomic E-state index is 0.111. The zero-order valence-electron chi connectivity index (χ0n) is 12.2. The molecule has 0 bridgehead atoms. The van der Waals surface area contributed by atoms with E-state index in [9.17, 15) is 0 Å². The van der Waals surface area contributed by atoms with Gasteiger partial charge in [0.25, 0.3) is 0 Å². The van der Waals surface area contributed by atoms with Gasteiger partial charge in [0, 0.05) is 32.3 Å². The Morgan fingerprint density at radius 2 is 1.80 bits per heavy atom. The largest absolute Gasteiger partial charge is 0.496 e. The van der Waals surface area contributed by atoms with Crippen molar-refractivity contribution in [2.75, 3.05) is 47.6 Å². The zero-order chi connectivity index (χ0) is 15.0. The molecule has 0 fully saturated rings. The van der Waals surface area contributed by atoms with Gasteiger partial charge in [-0.2, -0.15) is 0 Å². The monoisotopic (exact) mass is 347 g/mol. The lowest BCUT2D eigenvalue weighted by Gasteiger charge is -2.22. The third-order valence-corrected chi connectivity index (χ3v) is 3.60. The molecule has 6 heteroatoms. The summed E-state index contributed by atoms with van der Waals surface area (Å²) in [5.74, 6) is 1.55. The van der Waals surface area contributed by atoms with Crippen LogP contribution in [-0.2, 0) is 11.3 Å². The molecule has 0 aliphatic heterocycles. The van der Waals surface area contributed by atoms with E-state index in [1.807, 2.05) is 12.1 Å². The van der Waals surface area contributed by atoms with Gasteiger partial charge in [-0.25, -0.2) is 0 Å². The molecule has 5 nitrogen and oxygen atoms in total. The second-order valence-corrected chi connectivity index (χ2v) is 5.15. The van der Waals surface area contributed by atoms with Crippen LogP contribution in [0.25, 0.3) is 0 Å². The highest BCUT2D eigenvalue weighted by molar-refractivity contribution is 9.10. The molecule has 1 aromatic carbocycles. The quantitative estimate of drug-likeness (QED) is 0.739. The molecule has 0 aromatic heterocycles. The van der Waals surface area contributed by atoms with E-state index in [-0.39, 0.29) is 6.61 Å². The van der Waals surface area contributed by atoms with Crippen LogP contribution >= 0.6 is 15.9 Å². The number of aliphatic hydroxyl groups excluding tert-OH is 1. The molecule has 0 unspecified atom stereocenters. The topological polar surface area (TPSA) is 51.2 Å². The van der Waals surface area contributed by atoms with Crippen molar-refractivity contribution < 1.29 is 19.3 Å². The van der Waals surface area contributed by atoms with E-state index in [0.29, 0.717) is 19.7 Å². The van der Waals surface area contributed by atoms with Gasteiger partial charge in [0.05, 0.1) is 31.9 Å². The number of halogens is 1. The molecule has 0 aliphatic rings. The summed E-state index contributed by atoms with van der Waals surface area (Å²) >= 11 is 3.44. The fraction of sp³-hybridized carbons (Fsp3) is 0.571. The summed E-state index contributed by atoms with van der Waals surface area (Å²) in [4.78, 5) is 2.11. The van der Waals surface area contributed by atoms with Gasteiger partial charge in [0.1, 0.15) is 11.5 Å². The van der Waals surface area contributed by atoms with Crippen LogP contribution in [0.5, 0.6) is 11.5 Å². The van der Waals surface area contributed by atoms with Crippen LogP contribution in [-0.4, -0.2) is 57.6 Å². The van der Waals surface area contributed by atoms with Crippen molar-refractivity contribution in [3.05, 3.63) is 22.2 Å². The lowest BCUT2D eigenvalue weighted by molar-refractivity contribution is 0.126. The first kappa shape index (κ1) is 17.2. The highest BCUT2D eigenvalue weighted by Gasteiger charge is 2.13. The van der Waals surface area contributed by atoms with Crippen molar-refractivity contribution in [2.45, 2.75) is 6.54 Å². The van der Waals surface area contributed by atoms with Gasteiger partial charge in [0.2, 0.25) is 0 Å². The standard InChI is InChI=1S/C14H22BrNO4/c1-18-7-5-16(4-6-17)10-11-8-14(20-3)12(15)9-13(11)19-2/h8-9,17H,4-7,10H2,1-3H3. The molecule has 0 atom stereocenters. The fourth-order valence-electron chi connectivity index (χ4n) is 1.92. The van der Waals surface area contributed by atoms with E-state index in [1.165, 1.54) is 0 Å². The van der Waals surface area contributed by atoms with Crippen molar-refractivity contribution in [3.8, 4) is 11.5 Å². The summed E-state index contributed by atoms with van der Waals surface area (Å²) in [6.07, 6.45) is 0. The van der Waals surface area contributed by atoms with Crippen LogP contribution in [0.4, 0.5) is 0 Å². The molecular formula is C14H22BrNO4. The lowest BCUT2D eigenvalue weighted by Crippen LogP contribution is -2.30. The molecule has 20 heavy (non-hydrogen) atoms. The summed E-state index contributed by atoms with van der Waals surface area (Å²) in [7, 11) is 4.94. The SMILES string of the molecule is COCCN(CCO)Cc1cc(OC)c(Br)cc1OC. The smallest absolute Gasteiger partial charge is 0.133 e. The van der Waals surface area contributed by atoms with Gasteiger partial charge in [-0.05, 0) is 28.1 Å². The summed E-state index contributed by atoms with van der Waals surface area (Å²) in [5, 5.41) is 9.14. The van der Waals surface area contributed by atoms with Crippen LogP contribution in [0, 0.1) is 0 Å². The number of methoxy groups -OCH3 is 3. The first-order valence-corrected chi connectivity index (χ1v) is 7.18. The Morgan fingerprint density at radius 1 is 1.10 bits per heavy atom. The summed E-state index contributed by atoms with van der Waals surface area (Å²) in [5.41, 5.74) is 1.01. The third-order valence-electron chi connectivity index (χ3n) is 2.98. The normalized spacial score (nSPS) is 10.9. The molecule has 0 aliphatic carbocycles. The molecule has 1 N–H and O–H groups in total. The predicted octanol–water partition coefficient (Wildman–Crippen LogP) is 1.91. The van der Waals surface area contributed by atoms with Crippen molar-refractivity contribution >= 4 is 15.9 Å². The number of benzene rings is 1. The van der Waals surface area contributed by atoms with Crippen LogP contribution in [0.3, 0.4) is 0 Å². The van der Waals surface area contributed by atoms with Crippen LogP contribution in [0.1, 0.15) is 5.56 Å². The lowest BCUT2D eigenvalue weighted by atomic mass is 10.1. The first-order chi connectivity index (χ1) is 9.65. The average Bonchev–Trinajstić information content (AvgIpc) is 2.46. The van der Waals surface area contributed by atoms with Crippen molar-refractivity contribution in [1.82, 2.24) is 4.90 Å². The maximum Gasteiger partial charge on any atom is 0.133 e. The molecule has 114 valence electrons. The Morgan fingerprint density at radius 3 is 2.35 bits per heavy atom. The van der Waals surface area contributed by atoms with Gasteiger partial charge < -0.3 is 19.3 Å². The summed E-state index contributed by atoms with van der Waals surface area (Å²) in [6, 6.07) is 3.84. The maximum atomic E-state index is 9.14. The second-order valence-electron chi connectivity index (χ2n) is 4.29. The van der Waals surface area contributed by atoms with Crippen molar-refractivity contribution in [3.63, 3.8) is 0 Å². The second kappa shape index (κ2) is 9.18. The first-order valence-electron chi connectivity index (χ1n) is 6.38. The van der Waals surface area contributed by atoms with Crippen molar-refractivity contribution in [2.24, 2.45) is 0 Å². The van der Waals surface area contributed by atoms with Crippen molar-refractivity contribution in [1.29, 1.82) is 0 Å². The molecule has 0 amide bonds. The highest BCUT2D eigenvalue weighted by Crippen LogP contribution is 2.33. The van der Waals surface area contributed by atoms with Crippen LogP contribution in [0.2, 0.25) is 0 Å². The van der Waals surface area contributed by atoms with Crippen LogP contribution in [0.15, 0.2) is 16.6 Å². The third kappa shape index (κ3) is 4.94. The van der Waals surface area contributed by atoms with Gasteiger partial charge >= 0.3 is 0 Å². The number of ether oxygens (including phenoxy) is 3. The molecule has 1 rings (SSSR count). The van der Waals surface area contributed by atoms with Crippen LogP contribution < -0.4 is 9.47 Å². The number of hydrogen-bond acceptors (Lipinski definition) is 5. The predicted molar refractivity (Wildman–Crippen MR) is 81.5 cm³/mol. The molecule has 0 heterocycles. The number of aliphatic hydroxyl groups is 1. The minimum Gasteiger partial charge on any atom is -0.496 e. The molecule has 0 radical (unpaired) electrons. The molecule has 0 saturated heterocycles. The number of rotatable bonds is 9. The minimum absolute atomic E-state index is 0.111.